The lowest BCUT2D eigenvalue weighted by molar-refractivity contribution is -0.124. The van der Waals surface area contributed by atoms with E-state index in [4.69, 9.17) is 5.11 Å². The second-order valence-electron chi connectivity index (χ2n) is 9.45. The van der Waals surface area contributed by atoms with Gasteiger partial charge in [0.15, 0.2) is 0 Å². The summed E-state index contributed by atoms with van der Waals surface area (Å²) in [6, 6.07) is 11.0. The Balaban J connectivity index is 1.39. The molecule has 35 heavy (non-hydrogen) atoms. The Labute approximate surface area is 204 Å². The molecule has 1 saturated carbocycles. The van der Waals surface area contributed by atoms with Crippen molar-refractivity contribution in [2.75, 3.05) is 25.0 Å². The first kappa shape index (κ1) is 24.5. The number of likely N-dealkylation sites (tertiary alicyclic amines) is 1. The molecule has 5 N–H and O–H groups in total. The molecule has 2 aliphatic rings. The predicted octanol–water partition coefficient (Wildman–Crippen LogP) is 2.81. The molecule has 1 aliphatic carbocycles. The lowest BCUT2D eigenvalue weighted by Crippen LogP contribution is -2.55. The zero-order chi connectivity index (χ0) is 24.8. The van der Waals surface area contributed by atoms with Gasteiger partial charge in [-0.15, -0.1) is 0 Å². The van der Waals surface area contributed by atoms with Crippen molar-refractivity contribution in [2.45, 2.75) is 44.2 Å². The van der Waals surface area contributed by atoms with Gasteiger partial charge in [0, 0.05) is 31.2 Å². The highest BCUT2D eigenvalue weighted by molar-refractivity contribution is 5.94. The molecule has 186 valence electrons. The number of nitrogens with one attached hydrogen (secondary N) is 3. The van der Waals surface area contributed by atoms with E-state index in [-0.39, 0.29) is 29.7 Å². The van der Waals surface area contributed by atoms with E-state index < -0.39 is 18.0 Å². The van der Waals surface area contributed by atoms with Gasteiger partial charge < -0.3 is 31.1 Å². The Morgan fingerprint density at radius 3 is 2.37 bits per heavy atom. The molecule has 2 atom stereocenters. The van der Waals surface area contributed by atoms with E-state index in [0.29, 0.717) is 5.69 Å². The minimum absolute atomic E-state index is 0.0331. The summed E-state index contributed by atoms with van der Waals surface area (Å²) in [4.78, 5) is 39.4. The molecule has 1 heterocycles. The van der Waals surface area contributed by atoms with Crippen molar-refractivity contribution in [1.29, 1.82) is 0 Å². The van der Waals surface area contributed by atoms with Gasteiger partial charge in [-0.1, -0.05) is 12.1 Å². The molecule has 2 aromatic carbocycles. The predicted molar refractivity (Wildman–Crippen MR) is 131 cm³/mol. The van der Waals surface area contributed by atoms with Crippen LogP contribution in [-0.4, -0.2) is 64.7 Å². The highest BCUT2D eigenvalue weighted by Gasteiger charge is 2.30. The molecule has 0 aromatic heterocycles. The Kier molecular flexibility index (Phi) is 7.87. The van der Waals surface area contributed by atoms with Crippen LogP contribution in [0.4, 0.5) is 10.5 Å². The van der Waals surface area contributed by atoms with E-state index >= 15 is 0 Å². The number of piperidine rings is 1. The number of urea groups is 1. The number of carboxylic acid groups (broad SMARTS) is 1. The molecule has 9 heteroatoms. The molecule has 1 saturated heterocycles. The molecular weight excluding hydrogens is 448 g/mol. The Bertz CT molecular complexity index is 1040. The highest BCUT2D eigenvalue weighted by atomic mass is 16.4. The third kappa shape index (κ3) is 7.45. The first-order chi connectivity index (χ1) is 16.9. The number of carbonyl (C=O) groups excluding carboxylic acids is 2. The fourth-order valence-corrected chi connectivity index (χ4v) is 4.41. The summed E-state index contributed by atoms with van der Waals surface area (Å²) in [6.07, 6.45) is 4.78. The van der Waals surface area contributed by atoms with Crippen molar-refractivity contribution in [1.82, 2.24) is 15.5 Å². The Morgan fingerprint density at radius 1 is 1.00 bits per heavy atom. The van der Waals surface area contributed by atoms with E-state index in [1.807, 2.05) is 0 Å². The number of phenolic OH excluding ortho intramolecular Hbond substituents is 1. The molecule has 1 unspecified atom stereocenters. The Hall–Kier alpha value is -3.59. The highest BCUT2D eigenvalue weighted by Crippen LogP contribution is 2.30. The minimum Gasteiger partial charge on any atom is -0.508 e. The number of aromatic carboxylic acids is 1. The van der Waals surface area contributed by atoms with Crippen LogP contribution in [0.25, 0.3) is 0 Å². The maximum Gasteiger partial charge on any atom is 0.335 e. The van der Waals surface area contributed by atoms with E-state index in [9.17, 15) is 19.5 Å². The number of nitrogens with zero attached hydrogens (tertiary/aromatic N) is 1. The monoisotopic (exact) mass is 480 g/mol. The van der Waals surface area contributed by atoms with E-state index in [2.05, 4.69) is 20.9 Å². The van der Waals surface area contributed by atoms with E-state index in [1.54, 1.807) is 24.3 Å². The van der Waals surface area contributed by atoms with Crippen LogP contribution in [0.3, 0.4) is 0 Å². The van der Waals surface area contributed by atoms with Crippen molar-refractivity contribution < 1.29 is 24.6 Å². The van der Waals surface area contributed by atoms with Gasteiger partial charge in [-0.05, 0) is 80.1 Å². The molecule has 2 aromatic rings. The molecular formula is C26H32N4O5. The first-order valence-corrected chi connectivity index (χ1v) is 12.1. The number of carbonyl (C=O) groups is 3. The van der Waals surface area contributed by atoms with Crippen LogP contribution < -0.4 is 16.0 Å². The third-order valence-corrected chi connectivity index (χ3v) is 6.45. The normalized spacial score (nSPS) is 18.9. The summed E-state index contributed by atoms with van der Waals surface area (Å²) in [7, 11) is 0. The maximum atomic E-state index is 13.2. The molecule has 9 nitrogen and oxygen atoms in total. The molecule has 0 radical (unpaired) electrons. The molecule has 0 bridgehead atoms. The number of carboxylic acids is 1. The number of rotatable bonds is 9. The SMILES string of the molecule is O=C(Nc1ccc(C(=O)O)cc1)N[C@@H](Cc1ccc(O)cc1)C(=O)NC1CCCN(CC2CC2)C1. The number of amides is 3. The smallest absolute Gasteiger partial charge is 0.335 e. The average Bonchev–Trinajstić information content (AvgIpc) is 3.64. The van der Waals surface area contributed by atoms with Crippen molar-refractivity contribution in [3.63, 3.8) is 0 Å². The zero-order valence-electron chi connectivity index (χ0n) is 19.6. The van der Waals surface area contributed by atoms with Crippen LogP contribution in [0, 0.1) is 5.92 Å². The largest absolute Gasteiger partial charge is 0.508 e. The van der Waals surface area contributed by atoms with Crippen LogP contribution in [0.1, 0.15) is 41.6 Å². The van der Waals surface area contributed by atoms with Crippen molar-refractivity contribution in [3.8, 4) is 5.75 Å². The third-order valence-electron chi connectivity index (χ3n) is 6.45. The molecule has 1 aliphatic heterocycles. The van der Waals surface area contributed by atoms with Crippen LogP contribution >= 0.6 is 0 Å². The van der Waals surface area contributed by atoms with Crippen molar-refractivity contribution >= 4 is 23.6 Å². The first-order valence-electron chi connectivity index (χ1n) is 12.1. The lowest BCUT2D eigenvalue weighted by Gasteiger charge is -2.34. The van der Waals surface area contributed by atoms with Gasteiger partial charge in [0.2, 0.25) is 5.91 Å². The lowest BCUT2D eigenvalue weighted by atomic mass is 10.0. The fourth-order valence-electron chi connectivity index (χ4n) is 4.41. The van der Waals surface area contributed by atoms with Gasteiger partial charge in [-0.3, -0.25) is 4.79 Å². The number of anilines is 1. The second kappa shape index (κ2) is 11.2. The van der Waals surface area contributed by atoms with Crippen molar-refractivity contribution in [3.05, 3.63) is 59.7 Å². The molecule has 2 fully saturated rings. The zero-order valence-corrected chi connectivity index (χ0v) is 19.6. The number of hydrogen-bond acceptors (Lipinski definition) is 5. The summed E-state index contributed by atoms with van der Waals surface area (Å²) in [5, 5.41) is 27.1. The second-order valence-corrected chi connectivity index (χ2v) is 9.45. The van der Waals surface area contributed by atoms with Gasteiger partial charge in [0.05, 0.1) is 5.56 Å². The fraction of sp³-hybridized carbons (Fsp3) is 0.423. The number of aromatic hydroxyl groups is 1. The van der Waals surface area contributed by atoms with Crippen LogP contribution in [0.2, 0.25) is 0 Å². The molecule has 4 rings (SSSR count). The average molecular weight is 481 g/mol. The van der Waals surface area contributed by atoms with Gasteiger partial charge in [-0.25, -0.2) is 9.59 Å². The van der Waals surface area contributed by atoms with Crippen LogP contribution in [0.15, 0.2) is 48.5 Å². The molecule has 0 spiro atoms. The minimum atomic E-state index is -1.05. The number of hydrogen-bond donors (Lipinski definition) is 5. The summed E-state index contributed by atoms with van der Waals surface area (Å²) in [5.74, 6) is -0.386. The quantitative estimate of drug-likeness (QED) is 0.375. The van der Waals surface area contributed by atoms with E-state index in [0.717, 1.165) is 44.0 Å². The number of benzene rings is 2. The number of phenols is 1. The van der Waals surface area contributed by atoms with E-state index in [1.165, 1.54) is 37.1 Å². The summed E-state index contributed by atoms with van der Waals surface area (Å²) in [5.41, 5.74) is 1.33. The van der Waals surface area contributed by atoms with Crippen LogP contribution in [-0.2, 0) is 11.2 Å². The van der Waals surface area contributed by atoms with Gasteiger partial charge in [-0.2, -0.15) is 0 Å². The standard InChI is InChI=1S/C26H32N4O5/c31-22-11-5-17(6-12-22)14-23(29-26(35)28-20-9-7-19(8-10-20)25(33)34)24(32)27-21-2-1-13-30(16-21)15-18-3-4-18/h5-12,18,21,23,31H,1-4,13-16H2,(H,27,32)(H,33,34)(H2,28,29,35)/t21?,23-/m0/s1. The van der Waals surface area contributed by atoms with Gasteiger partial charge >= 0.3 is 12.0 Å². The molecule has 3 amide bonds. The van der Waals surface area contributed by atoms with Gasteiger partial charge in [0.25, 0.3) is 0 Å². The van der Waals surface area contributed by atoms with Crippen molar-refractivity contribution in [2.24, 2.45) is 5.92 Å². The summed E-state index contributed by atoms with van der Waals surface area (Å²) < 4.78 is 0. The van der Waals surface area contributed by atoms with Crippen LogP contribution in [0.5, 0.6) is 5.75 Å². The topological polar surface area (TPSA) is 131 Å². The summed E-state index contributed by atoms with van der Waals surface area (Å²) in [6.45, 7) is 2.96. The maximum absolute atomic E-state index is 13.2. The van der Waals surface area contributed by atoms with Gasteiger partial charge in [0.1, 0.15) is 11.8 Å². The summed E-state index contributed by atoms with van der Waals surface area (Å²) >= 11 is 0. The Morgan fingerprint density at radius 2 is 1.71 bits per heavy atom.